The van der Waals surface area contributed by atoms with E-state index in [-0.39, 0.29) is 0 Å². The molecular weight excluding hydrogens is 320 g/mol. The minimum absolute atomic E-state index is 0.461. The Bertz CT molecular complexity index is 821. The maximum atomic E-state index is 6.21. The Balaban J connectivity index is 1.81. The van der Waals surface area contributed by atoms with Crippen molar-refractivity contribution in [3.05, 3.63) is 46.7 Å². The third-order valence-corrected chi connectivity index (χ3v) is 4.75. The van der Waals surface area contributed by atoms with E-state index in [0.29, 0.717) is 17.3 Å². The van der Waals surface area contributed by atoms with Gasteiger partial charge in [-0.05, 0) is 38.0 Å². The van der Waals surface area contributed by atoms with E-state index in [0.717, 1.165) is 22.9 Å². The Hall–Kier alpha value is -2.67. The van der Waals surface area contributed by atoms with Gasteiger partial charge in [-0.25, -0.2) is 15.0 Å². The Morgan fingerprint density at radius 3 is 2.29 bits per heavy atom. The van der Waals surface area contributed by atoms with E-state index in [4.69, 9.17) is 5.73 Å². The molecule has 0 saturated heterocycles. The molecular formula is C17H20N6S. The fourth-order valence-electron chi connectivity index (χ4n) is 2.18. The van der Waals surface area contributed by atoms with E-state index in [2.05, 4.69) is 44.6 Å². The van der Waals surface area contributed by atoms with Crippen LogP contribution in [0.25, 0.3) is 0 Å². The lowest BCUT2D eigenvalue weighted by atomic mass is 10.1. The molecule has 0 aliphatic rings. The molecule has 124 valence electrons. The van der Waals surface area contributed by atoms with Crippen LogP contribution in [-0.4, -0.2) is 15.0 Å². The number of rotatable bonds is 5. The van der Waals surface area contributed by atoms with Gasteiger partial charge in [0.2, 0.25) is 0 Å². The van der Waals surface area contributed by atoms with Crippen LogP contribution in [0.1, 0.15) is 23.1 Å². The highest BCUT2D eigenvalue weighted by Gasteiger charge is 2.11. The van der Waals surface area contributed by atoms with Gasteiger partial charge < -0.3 is 16.4 Å². The number of hydrogen-bond acceptors (Lipinski definition) is 7. The summed E-state index contributed by atoms with van der Waals surface area (Å²) < 4.78 is 0. The first kappa shape index (κ1) is 16.2. The predicted molar refractivity (Wildman–Crippen MR) is 100 cm³/mol. The lowest BCUT2D eigenvalue weighted by Gasteiger charge is -2.11. The van der Waals surface area contributed by atoms with Crippen molar-refractivity contribution in [3.63, 3.8) is 0 Å². The molecule has 0 bridgehead atoms. The lowest BCUT2D eigenvalue weighted by Crippen LogP contribution is -2.05. The first-order valence-electron chi connectivity index (χ1n) is 7.74. The Labute approximate surface area is 145 Å². The van der Waals surface area contributed by atoms with Crippen molar-refractivity contribution >= 4 is 39.5 Å². The van der Waals surface area contributed by atoms with Crippen molar-refractivity contribution < 1.29 is 0 Å². The summed E-state index contributed by atoms with van der Waals surface area (Å²) in [5.74, 6) is 1.12. The van der Waals surface area contributed by atoms with Gasteiger partial charge in [-0.15, -0.1) is 11.3 Å². The number of nitrogen functional groups attached to an aromatic ring is 1. The Morgan fingerprint density at radius 2 is 1.71 bits per heavy atom. The lowest BCUT2D eigenvalue weighted by molar-refractivity contribution is 1.14. The van der Waals surface area contributed by atoms with Crippen molar-refractivity contribution in [1.29, 1.82) is 0 Å². The quantitative estimate of drug-likeness (QED) is 0.645. The van der Waals surface area contributed by atoms with Crippen LogP contribution in [0.3, 0.4) is 0 Å². The van der Waals surface area contributed by atoms with Crippen molar-refractivity contribution in [1.82, 2.24) is 15.0 Å². The largest absolute Gasteiger partial charge is 0.393 e. The maximum absolute atomic E-state index is 6.21. The summed E-state index contributed by atoms with van der Waals surface area (Å²) in [7, 11) is 0. The maximum Gasteiger partial charge on any atom is 0.188 e. The second-order valence-corrected chi connectivity index (χ2v) is 6.65. The van der Waals surface area contributed by atoms with Gasteiger partial charge in [-0.3, -0.25) is 0 Å². The molecule has 0 aliphatic carbocycles. The topological polar surface area (TPSA) is 88.8 Å². The summed E-state index contributed by atoms with van der Waals surface area (Å²) in [5, 5.41) is 7.17. The van der Waals surface area contributed by atoms with Crippen molar-refractivity contribution in [2.45, 2.75) is 27.2 Å². The fourth-order valence-corrected chi connectivity index (χ4v) is 3.00. The average molecular weight is 340 g/mol. The Morgan fingerprint density at radius 1 is 1.04 bits per heavy atom. The molecule has 3 rings (SSSR count). The van der Waals surface area contributed by atoms with E-state index in [1.54, 1.807) is 11.3 Å². The molecule has 0 unspecified atom stereocenters. The second-order valence-electron chi connectivity index (χ2n) is 5.45. The zero-order valence-electron chi connectivity index (χ0n) is 13.9. The molecule has 0 saturated carbocycles. The first-order valence-corrected chi connectivity index (χ1v) is 8.56. The van der Waals surface area contributed by atoms with E-state index < -0.39 is 0 Å². The van der Waals surface area contributed by atoms with Crippen molar-refractivity contribution in [2.24, 2.45) is 0 Å². The molecule has 0 atom stereocenters. The van der Waals surface area contributed by atoms with Gasteiger partial charge >= 0.3 is 0 Å². The molecule has 0 spiro atoms. The molecule has 0 fully saturated rings. The SMILES string of the molecule is CCc1ccc(Nc2ncnc(Nc3nc(C)c(C)s3)c2N)cc1. The summed E-state index contributed by atoms with van der Waals surface area (Å²) in [4.78, 5) is 14.1. The van der Waals surface area contributed by atoms with Crippen LogP contribution in [-0.2, 0) is 6.42 Å². The van der Waals surface area contributed by atoms with Crippen molar-refractivity contribution in [3.8, 4) is 0 Å². The van der Waals surface area contributed by atoms with Crippen LogP contribution < -0.4 is 16.4 Å². The molecule has 2 aromatic heterocycles. The highest BCUT2D eigenvalue weighted by molar-refractivity contribution is 7.15. The van der Waals surface area contributed by atoms with E-state index in [9.17, 15) is 0 Å². The molecule has 0 aliphatic heterocycles. The normalized spacial score (nSPS) is 10.6. The van der Waals surface area contributed by atoms with Crippen molar-refractivity contribution in [2.75, 3.05) is 16.4 Å². The summed E-state index contributed by atoms with van der Waals surface area (Å²) in [6.07, 6.45) is 2.49. The predicted octanol–water partition coefficient (Wildman–Crippen LogP) is 4.18. The molecule has 2 heterocycles. The highest BCUT2D eigenvalue weighted by Crippen LogP contribution is 2.30. The zero-order valence-corrected chi connectivity index (χ0v) is 14.7. The van der Waals surface area contributed by atoms with Gasteiger partial charge in [0.15, 0.2) is 16.8 Å². The first-order chi connectivity index (χ1) is 11.6. The molecule has 3 aromatic rings. The summed E-state index contributed by atoms with van der Waals surface area (Å²) in [6.45, 7) is 6.15. The van der Waals surface area contributed by atoms with E-state index >= 15 is 0 Å². The number of nitrogens with one attached hydrogen (secondary N) is 2. The van der Waals surface area contributed by atoms with Crippen LogP contribution >= 0.6 is 11.3 Å². The van der Waals surface area contributed by atoms with Crippen LogP contribution in [0, 0.1) is 13.8 Å². The summed E-state index contributed by atoms with van der Waals surface area (Å²) >= 11 is 1.57. The molecule has 4 N–H and O–H groups in total. The van der Waals surface area contributed by atoms with Gasteiger partial charge in [0, 0.05) is 10.6 Å². The van der Waals surface area contributed by atoms with Gasteiger partial charge in [0.25, 0.3) is 0 Å². The minimum Gasteiger partial charge on any atom is -0.393 e. The minimum atomic E-state index is 0.461. The molecule has 6 nitrogen and oxygen atoms in total. The Kier molecular flexibility index (Phi) is 4.61. The standard InChI is InChI=1S/C17H20N6S/c1-4-12-5-7-13(8-6-12)22-15-14(18)16(20-9-19-15)23-17-21-10(2)11(3)24-17/h5-9H,4,18H2,1-3H3,(H2,19,20,21,22,23). The van der Waals surface area contributed by atoms with Crippen LogP contribution in [0.15, 0.2) is 30.6 Å². The highest BCUT2D eigenvalue weighted by atomic mass is 32.1. The number of nitrogens with zero attached hydrogens (tertiary/aromatic N) is 3. The summed E-state index contributed by atoms with van der Waals surface area (Å²) in [5.41, 5.74) is 9.89. The molecule has 0 amide bonds. The number of aryl methyl sites for hydroxylation is 3. The molecule has 0 radical (unpaired) electrons. The number of hydrogen-bond donors (Lipinski definition) is 3. The third kappa shape index (κ3) is 3.46. The number of thiazole rings is 1. The van der Waals surface area contributed by atoms with E-state index in [1.807, 2.05) is 26.0 Å². The number of aromatic nitrogens is 3. The average Bonchev–Trinajstić information content (AvgIpc) is 2.90. The summed E-state index contributed by atoms with van der Waals surface area (Å²) in [6, 6.07) is 8.20. The van der Waals surface area contributed by atoms with E-state index in [1.165, 1.54) is 16.8 Å². The smallest absolute Gasteiger partial charge is 0.188 e. The van der Waals surface area contributed by atoms with Gasteiger partial charge in [0.05, 0.1) is 5.69 Å². The fraction of sp³-hybridized carbons (Fsp3) is 0.235. The van der Waals surface area contributed by atoms with Crippen LogP contribution in [0.2, 0.25) is 0 Å². The monoisotopic (exact) mass is 340 g/mol. The molecule has 24 heavy (non-hydrogen) atoms. The zero-order chi connectivity index (χ0) is 17.1. The van der Waals surface area contributed by atoms with Crippen LogP contribution in [0.5, 0.6) is 0 Å². The number of benzene rings is 1. The second kappa shape index (κ2) is 6.84. The van der Waals surface area contributed by atoms with Crippen LogP contribution in [0.4, 0.5) is 28.1 Å². The van der Waals surface area contributed by atoms with Gasteiger partial charge in [-0.1, -0.05) is 19.1 Å². The third-order valence-electron chi connectivity index (χ3n) is 3.76. The molecule has 7 heteroatoms. The number of nitrogens with two attached hydrogens (primary N) is 1. The van der Waals surface area contributed by atoms with Gasteiger partial charge in [-0.2, -0.15) is 0 Å². The van der Waals surface area contributed by atoms with Gasteiger partial charge in [0.1, 0.15) is 12.0 Å². The molecule has 1 aromatic carbocycles. The number of anilines is 5.